The summed E-state index contributed by atoms with van der Waals surface area (Å²) in [7, 11) is -3.41. The SMILES string of the molecule is C#Cc1ccccc1OCCOS(C)(=O)=O. The van der Waals surface area contributed by atoms with E-state index in [1.165, 1.54) is 0 Å². The molecule has 0 aliphatic carbocycles. The van der Waals surface area contributed by atoms with Crippen molar-refractivity contribution in [3.63, 3.8) is 0 Å². The fraction of sp³-hybridized carbons (Fsp3) is 0.273. The first-order chi connectivity index (χ1) is 7.53. The molecule has 0 N–H and O–H groups in total. The second kappa shape index (κ2) is 5.54. The van der Waals surface area contributed by atoms with Gasteiger partial charge in [0.1, 0.15) is 19.0 Å². The van der Waals surface area contributed by atoms with Gasteiger partial charge in [-0.1, -0.05) is 18.1 Å². The van der Waals surface area contributed by atoms with E-state index in [4.69, 9.17) is 11.2 Å². The van der Waals surface area contributed by atoms with E-state index in [2.05, 4.69) is 10.1 Å². The van der Waals surface area contributed by atoms with Crippen LogP contribution in [0.4, 0.5) is 0 Å². The Labute approximate surface area is 95.3 Å². The second-order valence-electron chi connectivity index (χ2n) is 3.02. The zero-order valence-electron chi connectivity index (χ0n) is 8.84. The summed E-state index contributed by atoms with van der Waals surface area (Å²) >= 11 is 0. The van der Waals surface area contributed by atoms with Crippen molar-refractivity contribution in [1.29, 1.82) is 0 Å². The van der Waals surface area contributed by atoms with Crippen LogP contribution >= 0.6 is 0 Å². The average molecular weight is 240 g/mol. The molecule has 86 valence electrons. The summed E-state index contributed by atoms with van der Waals surface area (Å²) in [6, 6.07) is 7.05. The van der Waals surface area contributed by atoms with Crippen LogP contribution in [0.15, 0.2) is 24.3 Å². The molecule has 1 aromatic rings. The molecule has 0 aliphatic rings. The van der Waals surface area contributed by atoms with Crippen molar-refractivity contribution in [3.05, 3.63) is 29.8 Å². The highest BCUT2D eigenvalue weighted by molar-refractivity contribution is 7.85. The maximum atomic E-state index is 10.7. The predicted octanol–water partition coefficient (Wildman–Crippen LogP) is 1.02. The first-order valence-corrected chi connectivity index (χ1v) is 6.37. The van der Waals surface area contributed by atoms with Gasteiger partial charge in [0, 0.05) is 0 Å². The number of ether oxygens (including phenoxy) is 1. The smallest absolute Gasteiger partial charge is 0.264 e. The van der Waals surface area contributed by atoms with Crippen LogP contribution in [-0.4, -0.2) is 27.9 Å². The maximum absolute atomic E-state index is 10.7. The molecular formula is C11H12O4S. The molecule has 0 unspecified atom stereocenters. The number of hydrogen-bond acceptors (Lipinski definition) is 4. The Morgan fingerprint density at radius 2 is 2.00 bits per heavy atom. The first-order valence-electron chi connectivity index (χ1n) is 4.56. The molecule has 0 radical (unpaired) electrons. The summed E-state index contributed by atoms with van der Waals surface area (Å²) in [4.78, 5) is 0. The summed E-state index contributed by atoms with van der Waals surface area (Å²) in [5, 5.41) is 0. The molecule has 0 saturated carbocycles. The van der Waals surface area contributed by atoms with E-state index < -0.39 is 10.1 Å². The summed E-state index contributed by atoms with van der Waals surface area (Å²) < 4.78 is 31.1. The van der Waals surface area contributed by atoms with Crippen LogP contribution < -0.4 is 4.74 Å². The van der Waals surface area contributed by atoms with Gasteiger partial charge < -0.3 is 4.74 Å². The largest absolute Gasteiger partial charge is 0.490 e. The zero-order chi connectivity index (χ0) is 12.0. The van der Waals surface area contributed by atoms with Crippen molar-refractivity contribution in [3.8, 4) is 18.1 Å². The van der Waals surface area contributed by atoms with Crippen molar-refractivity contribution < 1.29 is 17.3 Å². The lowest BCUT2D eigenvalue weighted by Gasteiger charge is -2.07. The van der Waals surface area contributed by atoms with E-state index in [0.717, 1.165) is 6.26 Å². The predicted molar refractivity (Wildman–Crippen MR) is 60.7 cm³/mol. The van der Waals surface area contributed by atoms with Crippen LogP contribution in [0.1, 0.15) is 5.56 Å². The minimum Gasteiger partial charge on any atom is -0.490 e. The van der Waals surface area contributed by atoms with Crippen molar-refractivity contribution in [2.75, 3.05) is 19.5 Å². The van der Waals surface area contributed by atoms with E-state index in [1.807, 2.05) is 0 Å². The molecule has 0 atom stereocenters. The molecule has 0 bridgehead atoms. The number of para-hydroxylation sites is 1. The van der Waals surface area contributed by atoms with E-state index in [9.17, 15) is 8.42 Å². The molecule has 0 aliphatic heterocycles. The molecule has 0 amide bonds. The van der Waals surface area contributed by atoms with Crippen LogP contribution in [0.2, 0.25) is 0 Å². The monoisotopic (exact) mass is 240 g/mol. The average Bonchev–Trinajstić information content (AvgIpc) is 2.23. The van der Waals surface area contributed by atoms with Crippen LogP contribution in [0, 0.1) is 12.3 Å². The number of hydrogen-bond donors (Lipinski definition) is 0. The molecule has 1 aromatic carbocycles. The van der Waals surface area contributed by atoms with Crippen LogP contribution in [-0.2, 0) is 14.3 Å². The lowest BCUT2D eigenvalue weighted by atomic mass is 10.2. The Morgan fingerprint density at radius 1 is 1.31 bits per heavy atom. The van der Waals surface area contributed by atoms with Gasteiger partial charge in [0.25, 0.3) is 10.1 Å². The highest BCUT2D eigenvalue weighted by Crippen LogP contribution is 2.16. The summed E-state index contributed by atoms with van der Waals surface area (Å²) in [5.41, 5.74) is 0.627. The van der Waals surface area contributed by atoms with Gasteiger partial charge in [-0.25, -0.2) is 0 Å². The summed E-state index contributed by atoms with van der Waals surface area (Å²) in [6.45, 7) is 0.101. The highest BCUT2D eigenvalue weighted by Gasteiger charge is 2.03. The van der Waals surface area contributed by atoms with Crippen LogP contribution in [0.5, 0.6) is 5.75 Å². The van der Waals surface area contributed by atoms with Gasteiger partial charge in [-0.15, -0.1) is 6.42 Å². The lowest BCUT2D eigenvalue weighted by Crippen LogP contribution is -2.11. The molecule has 4 nitrogen and oxygen atoms in total. The maximum Gasteiger partial charge on any atom is 0.264 e. The van der Waals surface area contributed by atoms with E-state index in [-0.39, 0.29) is 13.2 Å². The minimum atomic E-state index is -3.41. The van der Waals surface area contributed by atoms with Gasteiger partial charge in [0.15, 0.2) is 0 Å². The molecule has 5 heteroatoms. The second-order valence-corrected chi connectivity index (χ2v) is 4.66. The van der Waals surface area contributed by atoms with Gasteiger partial charge >= 0.3 is 0 Å². The van der Waals surface area contributed by atoms with Gasteiger partial charge in [-0.05, 0) is 12.1 Å². The van der Waals surface area contributed by atoms with Crippen molar-refractivity contribution >= 4 is 10.1 Å². The minimum absolute atomic E-state index is 0.0300. The number of terminal acetylenes is 1. The Kier molecular flexibility index (Phi) is 4.35. The first kappa shape index (κ1) is 12.6. The zero-order valence-corrected chi connectivity index (χ0v) is 9.66. The summed E-state index contributed by atoms with van der Waals surface area (Å²) in [6.07, 6.45) is 6.26. The standard InChI is InChI=1S/C11H12O4S/c1-3-10-6-4-5-7-11(10)14-8-9-15-16(2,12)13/h1,4-7H,8-9H2,2H3. The Morgan fingerprint density at radius 3 is 2.62 bits per heavy atom. The third kappa shape index (κ3) is 4.34. The third-order valence-corrected chi connectivity index (χ3v) is 2.28. The van der Waals surface area contributed by atoms with Gasteiger partial charge in [0.2, 0.25) is 0 Å². The topological polar surface area (TPSA) is 52.6 Å². The van der Waals surface area contributed by atoms with Crippen LogP contribution in [0.25, 0.3) is 0 Å². The Balaban J connectivity index is 2.47. The fourth-order valence-corrected chi connectivity index (χ4v) is 1.42. The molecule has 0 fully saturated rings. The lowest BCUT2D eigenvalue weighted by molar-refractivity contribution is 0.222. The molecule has 16 heavy (non-hydrogen) atoms. The van der Waals surface area contributed by atoms with E-state index in [1.54, 1.807) is 24.3 Å². The molecule has 0 saturated heterocycles. The Bertz CT molecular complexity index is 485. The number of rotatable bonds is 5. The summed E-state index contributed by atoms with van der Waals surface area (Å²) in [5.74, 6) is 3.01. The van der Waals surface area contributed by atoms with Gasteiger partial charge in [-0.3, -0.25) is 4.18 Å². The third-order valence-electron chi connectivity index (χ3n) is 1.68. The molecule has 0 heterocycles. The van der Waals surface area contributed by atoms with Crippen LogP contribution in [0.3, 0.4) is 0 Å². The van der Waals surface area contributed by atoms with Crippen molar-refractivity contribution in [2.45, 2.75) is 0 Å². The van der Waals surface area contributed by atoms with Gasteiger partial charge in [0.05, 0.1) is 11.8 Å². The molecule has 1 rings (SSSR count). The van der Waals surface area contributed by atoms with E-state index in [0.29, 0.717) is 11.3 Å². The molecule has 0 aromatic heterocycles. The van der Waals surface area contributed by atoms with Gasteiger partial charge in [-0.2, -0.15) is 8.42 Å². The Hall–Kier alpha value is -1.51. The van der Waals surface area contributed by atoms with Crippen molar-refractivity contribution in [1.82, 2.24) is 0 Å². The normalized spacial score (nSPS) is 10.8. The van der Waals surface area contributed by atoms with E-state index >= 15 is 0 Å². The quantitative estimate of drug-likeness (QED) is 0.438. The molecule has 0 spiro atoms. The molecular weight excluding hydrogens is 228 g/mol. The fourth-order valence-electron chi connectivity index (χ4n) is 1.05. The highest BCUT2D eigenvalue weighted by atomic mass is 32.2. The number of benzene rings is 1. The van der Waals surface area contributed by atoms with Crippen molar-refractivity contribution in [2.24, 2.45) is 0 Å².